The number of aliphatic carboxylic acids is 1. The predicted molar refractivity (Wildman–Crippen MR) is 33.2 cm³/mol. The van der Waals surface area contributed by atoms with Crippen molar-refractivity contribution in [2.45, 2.75) is 32.3 Å². The van der Waals surface area contributed by atoms with E-state index in [4.69, 9.17) is 10.2 Å². The first kappa shape index (κ1) is 8.43. The number of carbonyl (C=O) groups is 1. The highest BCUT2D eigenvalue weighted by molar-refractivity contribution is 5.67. The summed E-state index contributed by atoms with van der Waals surface area (Å²) in [5.41, 5.74) is 0. The first-order valence-electron chi connectivity index (χ1n) is 3.06. The van der Waals surface area contributed by atoms with E-state index in [1.165, 1.54) is 0 Å². The molecule has 54 valence electrons. The number of hydrogen-bond acceptors (Lipinski definition) is 2. The molecule has 0 fully saturated rings. The molecule has 0 aromatic heterocycles. The van der Waals surface area contributed by atoms with Crippen molar-refractivity contribution in [3.05, 3.63) is 0 Å². The molecule has 0 aliphatic heterocycles. The van der Waals surface area contributed by atoms with Crippen molar-refractivity contribution in [3.63, 3.8) is 0 Å². The molecule has 9 heavy (non-hydrogen) atoms. The van der Waals surface area contributed by atoms with Crippen molar-refractivity contribution in [3.8, 4) is 0 Å². The third-order valence-corrected chi connectivity index (χ3v) is 1.03. The maximum absolute atomic E-state index is 9.92. The van der Waals surface area contributed by atoms with Gasteiger partial charge >= 0.3 is 5.97 Å². The van der Waals surface area contributed by atoms with E-state index in [0.29, 0.717) is 6.42 Å². The van der Waals surface area contributed by atoms with Gasteiger partial charge in [-0.3, -0.25) is 4.79 Å². The van der Waals surface area contributed by atoms with Crippen molar-refractivity contribution in [2.75, 3.05) is 0 Å². The fourth-order valence-electron chi connectivity index (χ4n) is 0.637. The van der Waals surface area contributed by atoms with E-state index in [-0.39, 0.29) is 6.42 Å². The van der Waals surface area contributed by atoms with E-state index in [0.717, 1.165) is 6.42 Å². The third kappa shape index (κ3) is 5.30. The molecule has 3 heteroatoms. The average molecular weight is 132 g/mol. The monoisotopic (exact) mass is 132 g/mol. The summed E-state index contributed by atoms with van der Waals surface area (Å²) in [6, 6.07) is 0. The first-order chi connectivity index (χ1) is 4.16. The molecule has 0 spiro atoms. The second kappa shape index (κ2) is 4.32. The predicted octanol–water partition coefficient (Wildman–Crippen LogP) is 0.622. The minimum atomic E-state index is -0.934. The molecule has 1 unspecified atom stereocenters. The summed E-state index contributed by atoms with van der Waals surface area (Å²) < 4.78 is 0. The Morgan fingerprint density at radius 2 is 2.22 bits per heavy atom. The minimum Gasteiger partial charge on any atom is -0.481 e. The van der Waals surface area contributed by atoms with Crippen molar-refractivity contribution < 1.29 is 15.0 Å². The highest BCUT2D eigenvalue weighted by Gasteiger charge is 2.06. The SMILES string of the molecule is CCCC(O)CC(=O)O. The lowest BCUT2D eigenvalue weighted by atomic mass is 10.1. The molecule has 0 rings (SSSR count). The summed E-state index contributed by atoms with van der Waals surface area (Å²) in [6.07, 6.45) is 0.613. The van der Waals surface area contributed by atoms with Crippen LogP contribution < -0.4 is 0 Å². The molecule has 1 atom stereocenters. The van der Waals surface area contributed by atoms with Crippen LogP contribution in [0.2, 0.25) is 0 Å². The number of rotatable bonds is 4. The van der Waals surface area contributed by atoms with Crippen LogP contribution in [0.5, 0.6) is 0 Å². The number of aliphatic hydroxyl groups is 1. The van der Waals surface area contributed by atoms with Gasteiger partial charge < -0.3 is 10.2 Å². The normalized spacial score (nSPS) is 13.1. The summed E-state index contributed by atoms with van der Waals surface area (Å²) in [5, 5.41) is 17.0. The molecule has 0 saturated carbocycles. The Morgan fingerprint density at radius 1 is 1.67 bits per heavy atom. The first-order valence-corrected chi connectivity index (χ1v) is 3.06. The Labute approximate surface area is 54.3 Å². The van der Waals surface area contributed by atoms with Gasteiger partial charge in [0.25, 0.3) is 0 Å². The second-order valence-electron chi connectivity index (χ2n) is 2.04. The van der Waals surface area contributed by atoms with E-state index < -0.39 is 12.1 Å². The Hall–Kier alpha value is -0.570. The van der Waals surface area contributed by atoms with Crippen LogP contribution in [0.4, 0.5) is 0 Å². The van der Waals surface area contributed by atoms with Gasteiger partial charge in [0.05, 0.1) is 12.5 Å². The highest BCUT2D eigenvalue weighted by Crippen LogP contribution is 1.99. The second-order valence-corrected chi connectivity index (χ2v) is 2.04. The van der Waals surface area contributed by atoms with E-state index in [1.54, 1.807) is 0 Å². The van der Waals surface area contributed by atoms with Crippen LogP contribution in [0, 0.1) is 0 Å². The zero-order valence-electron chi connectivity index (χ0n) is 5.50. The topological polar surface area (TPSA) is 57.5 Å². The van der Waals surface area contributed by atoms with Gasteiger partial charge in [0.2, 0.25) is 0 Å². The Bertz CT molecular complexity index is 90.3. The van der Waals surface area contributed by atoms with Crippen LogP contribution in [-0.2, 0) is 4.79 Å². The molecule has 0 bridgehead atoms. The molecule has 0 heterocycles. The van der Waals surface area contributed by atoms with Gasteiger partial charge in [0.1, 0.15) is 0 Å². The molecule has 0 amide bonds. The highest BCUT2D eigenvalue weighted by atomic mass is 16.4. The number of hydrogen-bond donors (Lipinski definition) is 2. The van der Waals surface area contributed by atoms with Crippen molar-refractivity contribution in [1.82, 2.24) is 0 Å². The van der Waals surface area contributed by atoms with Crippen molar-refractivity contribution in [2.24, 2.45) is 0 Å². The summed E-state index contributed by atoms with van der Waals surface area (Å²) in [7, 11) is 0. The zero-order valence-corrected chi connectivity index (χ0v) is 5.50. The van der Waals surface area contributed by atoms with E-state index in [2.05, 4.69) is 0 Å². The fraction of sp³-hybridized carbons (Fsp3) is 0.833. The quantitative estimate of drug-likeness (QED) is 0.589. The Balaban J connectivity index is 3.26. The van der Waals surface area contributed by atoms with Crippen LogP contribution >= 0.6 is 0 Å². The maximum atomic E-state index is 9.92. The van der Waals surface area contributed by atoms with E-state index in [9.17, 15) is 4.79 Å². The molecule has 2 N–H and O–H groups in total. The van der Waals surface area contributed by atoms with Crippen molar-refractivity contribution in [1.29, 1.82) is 0 Å². The van der Waals surface area contributed by atoms with Gasteiger partial charge in [-0.25, -0.2) is 0 Å². The molecule has 0 aliphatic rings. The average Bonchev–Trinajstić information content (AvgIpc) is 1.63. The Kier molecular flexibility index (Phi) is 4.05. The standard InChI is InChI=1S/C6H12O3/c1-2-3-5(7)4-6(8)9/h5,7H,2-4H2,1H3,(H,8,9). The van der Waals surface area contributed by atoms with Gasteiger partial charge in [0, 0.05) is 0 Å². The number of aliphatic hydroxyl groups excluding tert-OH is 1. The summed E-state index contributed by atoms with van der Waals surface area (Å²) in [6.45, 7) is 1.91. The van der Waals surface area contributed by atoms with Crippen molar-refractivity contribution >= 4 is 5.97 Å². The van der Waals surface area contributed by atoms with Gasteiger partial charge in [-0.2, -0.15) is 0 Å². The van der Waals surface area contributed by atoms with Gasteiger partial charge in [-0.05, 0) is 6.42 Å². The van der Waals surface area contributed by atoms with Crippen LogP contribution in [0.25, 0.3) is 0 Å². The summed E-state index contributed by atoms with van der Waals surface area (Å²) >= 11 is 0. The summed E-state index contributed by atoms with van der Waals surface area (Å²) in [4.78, 5) is 9.92. The molecule has 0 saturated heterocycles. The third-order valence-electron chi connectivity index (χ3n) is 1.03. The zero-order chi connectivity index (χ0) is 7.28. The minimum absolute atomic E-state index is 0.131. The Morgan fingerprint density at radius 3 is 2.56 bits per heavy atom. The molecule has 3 nitrogen and oxygen atoms in total. The lowest BCUT2D eigenvalue weighted by molar-refractivity contribution is -0.139. The lowest BCUT2D eigenvalue weighted by Crippen LogP contribution is -2.11. The van der Waals surface area contributed by atoms with E-state index >= 15 is 0 Å². The molecule has 0 aromatic carbocycles. The molecular weight excluding hydrogens is 120 g/mol. The largest absolute Gasteiger partial charge is 0.481 e. The van der Waals surface area contributed by atoms with Crippen LogP contribution in [-0.4, -0.2) is 22.3 Å². The lowest BCUT2D eigenvalue weighted by Gasteiger charge is -2.03. The smallest absolute Gasteiger partial charge is 0.305 e. The maximum Gasteiger partial charge on any atom is 0.305 e. The fourth-order valence-corrected chi connectivity index (χ4v) is 0.637. The van der Waals surface area contributed by atoms with E-state index in [1.807, 2.05) is 6.92 Å². The van der Waals surface area contributed by atoms with Gasteiger partial charge in [-0.15, -0.1) is 0 Å². The molecule has 0 radical (unpaired) electrons. The molecule has 0 aliphatic carbocycles. The summed E-state index contributed by atoms with van der Waals surface area (Å²) in [5.74, 6) is -0.934. The van der Waals surface area contributed by atoms with Crippen LogP contribution in [0.3, 0.4) is 0 Å². The number of carboxylic acid groups (broad SMARTS) is 1. The van der Waals surface area contributed by atoms with Gasteiger partial charge in [-0.1, -0.05) is 13.3 Å². The van der Waals surface area contributed by atoms with Gasteiger partial charge in [0.15, 0.2) is 0 Å². The van der Waals surface area contributed by atoms with Crippen LogP contribution in [0.1, 0.15) is 26.2 Å². The molecule has 0 aromatic rings. The number of carboxylic acids is 1. The van der Waals surface area contributed by atoms with Crippen LogP contribution in [0.15, 0.2) is 0 Å². The molecular formula is C6H12O3.